The monoisotopic (exact) mass is 400 g/mol. The van der Waals surface area contributed by atoms with Crippen LogP contribution in [0.15, 0.2) is 42.5 Å². The van der Waals surface area contributed by atoms with Crippen molar-refractivity contribution < 1.29 is 23.5 Å². The summed E-state index contributed by atoms with van der Waals surface area (Å²) in [6.07, 6.45) is 1.06. The Morgan fingerprint density at radius 1 is 1.17 bits per heavy atom. The first-order valence-corrected chi connectivity index (χ1v) is 9.53. The van der Waals surface area contributed by atoms with Crippen molar-refractivity contribution in [1.29, 1.82) is 0 Å². The molecule has 0 unspecified atom stereocenters. The number of fused-ring (bicyclic) bond motifs is 1. The van der Waals surface area contributed by atoms with Crippen LogP contribution in [0.5, 0.6) is 11.5 Å². The summed E-state index contributed by atoms with van der Waals surface area (Å²) in [4.78, 5) is 27.7. The topological polar surface area (TPSA) is 59.1 Å². The Kier molecular flexibility index (Phi) is 6.69. The predicted molar refractivity (Wildman–Crippen MR) is 106 cm³/mol. The lowest BCUT2D eigenvalue weighted by Gasteiger charge is -2.20. The van der Waals surface area contributed by atoms with Gasteiger partial charge in [0.05, 0.1) is 6.54 Å². The van der Waals surface area contributed by atoms with Gasteiger partial charge in [0.15, 0.2) is 6.61 Å². The van der Waals surface area contributed by atoms with Crippen LogP contribution in [0.3, 0.4) is 0 Å². The van der Waals surface area contributed by atoms with E-state index >= 15 is 0 Å². The number of hydrogen-bond donors (Lipinski definition) is 0. The Morgan fingerprint density at radius 2 is 1.93 bits per heavy atom. The van der Waals surface area contributed by atoms with Crippen LogP contribution in [0, 0.1) is 5.82 Å². The van der Waals surface area contributed by atoms with Crippen LogP contribution in [-0.2, 0) is 22.6 Å². The standard InChI is InChI=1S/C22H25FN2O4/c1-24(2)21(26)10-4-16-3-9-20-17(13-16)14-25(11-12-28-20)22(27)15-29-19-7-5-18(23)6-8-19/h3,5-9,13H,4,10-12,14-15H2,1-2H3. The number of halogens is 1. The molecule has 1 aliphatic heterocycles. The zero-order valence-electron chi connectivity index (χ0n) is 16.7. The van der Waals surface area contributed by atoms with E-state index in [0.717, 1.165) is 16.9 Å². The van der Waals surface area contributed by atoms with Crippen LogP contribution in [-0.4, -0.2) is 55.5 Å². The molecule has 0 bridgehead atoms. The maximum atomic E-state index is 13.0. The third-order valence-electron chi connectivity index (χ3n) is 4.76. The average molecular weight is 400 g/mol. The van der Waals surface area contributed by atoms with E-state index in [9.17, 15) is 14.0 Å². The predicted octanol–water partition coefficient (Wildman–Crippen LogP) is 2.65. The fourth-order valence-corrected chi connectivity index (χ4v) is 3.06. The van der Waals surface area contributed by atoms with Crippen LogP contribution in [0.2, 0.25) is 0 Å². The molecular formula is C22H25FN2O4. The molecule has 0 saturated carbocycles. The van der Waals surface area contributed by atoms with Gasteiger partial charge in [-0.3, -0.25) is 9.59 Å². The van der Waals surface area contributed by atoms with E-state index in [-0.39, 0.29) is 24.2 Å². The summed E-state index contributed by atoms with van der Waals surface area (Å²) in [6.45, 7) is 1.14. The van der Waals surface area contributed by atoms with Crippen LogP contribution >= 0.6 is 0 Å². The van der Waals surface area contributed by atoms with Gasteiger partial charge in [-0.25, -0.2) is 4.39 Å². The van der Waals surface area contributed by atoms with E-state index in [4.69, 9.17) is 9.47 Å². The molecular weight excluding hydrogens is 375 g/mol. The molecule has 0 spiro atoms. The maximum absolute atomic E-state index is 13.0. The van der Waals surface area contributed by atoms with E-state index < -0.39 is 0 Å². The molecule has 2 amide bonds. The third-order valence-corrected chi connectivity index (χ3v) is 4.76. The summed E-state index contributed by atoms with van der Waals surface area (Å²) >= 11 is 0. The summed E-state index contributed by atoms with van der Waals surface area (Å²) < 4.78 is 24.2. The van der Waals surface area contributed by atoms with Crippen molar-refractivity contribution in [2.24, 2.45) is 0 Å². The van der Waals surface area contributed by atoms with Gasteiger partial charge in [0.1, 0.15) is 23.9 Å². The number of benzene rings is 2. The molecule has 2 aromatic carbocycles. The fourth-order valence-electron chi connectivity index (χ4n) is 3.06. The molecule has 1 heterocycles. The molecule has 7 heteroatoms. The quantitative estimate of drug-likeness (QED) is 0.748. The van der Waals surface area contributed by atoms with Gasteiger partial charge in [-0.2, -0.15) is 0 Å². The molecule has 0 atom stereocenters. The molecule has 154 valence electrons. The van der Waals surface area contributed by atoms with Gasteiger partial charge in [-0.15, -0.1) is 0 Å². The second-order valence-electron chi connectivity index (χ2n) is 7.14. The molecule has 0 N–H and O–H groups in total. The summed E-state index contributed by atoms with van der Waals surface area (Å²) in [7, 11) is 3.48. The normalized spacial score (nSPS) is 13.1. The first-order chi connectivity index (χ1) is 13.9. The van der Waals surface area contributed by atoms with Gasteiger partial charge in [-0.1, -0.05) is 12.1 Å². The lowest BCUT2D eigenvalue weighted by Crippen LogP contribution is -2.36. The van der Waals surface area contributed by atoms with Crippen molar-refractivity contribution in [2.75, 3.05) is 33.9 Å². The summed E-state index contributed by atoms with van der Waals surface area (Å²) in [5.74, 6) is 0.749. The Balaban J connectivity index is 1.62. The summed E-state index contributed by atoms with van der Waals surface area (Å²) in [5, 5.41) is 0. The van der Waals surface area contributed by atoms with E-state index in [1.54, 1.807) is 23.9 Å². The Morgan fingerprint density at radius 3 is 2.66 bits per heavy atom. The SMILES string of the molecule is CN(C)C(=O)CCc1ccc2c(c1)CN(C(=O)COc1ccc(F)cc1)CCO2. The van der Waals surface area contributed by atoms with Gasteiger partial charge in [0.2, 0.25) is 5.91 Å². The van der Waals surface area contributed by atoms with Crippen molar-refractivity contribution in [3.63, 3.8) is 0 Å². The molecule has 0 saturated heterocycles. The van der Waals surface area contributed by atoms with Crippen LogP contribution in [0.25, 0.3) is 0 Å². The van der Waals surface area contributed by atoms with Crippen molar-refractivity contribution >= 4 is 11.8 Å². The Labute approximate surface area is 169 Å². The van der Waals surface area contributed by atoms with Crippen molar-refractivity contribution in [3.05, 3.63) is 59.4 Å². The number of hydrogen-bond acceptors (Lipinski definition) is 4. The third kappa shape index (κ3) is 5.70. The molecule has 0 fully saturated rings. The van der Waals surface area contributed by atoms with Gasteiger partial charge in [0.25, 0.3) is 5.91 Å². The molecule has 29 heavy (non-hydrogen) atoms. The van der Waals surface area contributed by atoms with Crippen LogP contribution in [0.1, 0.15) is 17.5 Å². The van der Waals surface area contributed by atoms with Gasteiger partial charge in [-0.05, 0) is 42.3 Å². The second kappa shape index (κ2) is 9.41. The Hall–Kier alpha value is -3.09. The van der Waals surface area contributed by atoms with Crippen molar-refractivity contribution in [2.45, 2.75) is 19.4 Å². The molecule has 0 radical (unpaired) electrons. The van der Waals surface area contributed by atoms with Gasteiger partial charge >= 0.3 is 0 Å². The highest BCUT2D eigenvalue weighted by molar-refractivity contribution is 5.78. The van der Waals surface area contributed by atoms with E-state index in [1.807, 2.05) is 18.2 Å². The lowest BCUT2D eigenvalue weighted by molar-refractivity contribution is -0.134. The van der Waals surface area contributed by atoms with Crippen LogP contribution in [0.4, 0.5) is 4.39 Å². The molecule has 3 rings (SSSR count). The average Bonchev–Trinajstić information content (AvgIpc) is 2.93. The second-order valence-corrected chi connectivity index (χ2v) is 7.14. The van der Waals surface area contributed by atoms with Crippen molar-refractivity contribution in [1.82, 2.24) is 9.80 Å². The fraction of sp³-hybridized carbons (Fsp3) is 0.364. The lowest BCUT2D eigenvalue weighted by atomic mass is 10.0. The molecule has 0 aromatic heterocycles. The summed E-state index contributed by atoms with van der Waals surface area (Å²) in [6, 6.07) is 11.4. The minimum Gasteiger partial charge on any atom is -0.491 e. The van der Waals surface area contributed by atoms with E-state index in [1.165, 1.54) is 24.3 Å². The zero-order chi connectivity index (χ0) is 20.8. The molecule has 1 aliphatic rings. The van der Waals surface area contributed by atoms with Crippen molar-refractivity contribution in [3.8, 4) is 11.5 Å². The number of ether oxygens (including phenoxy) is 2. The summed E-state index contributed by atoms with van der Waals surface area (Å²) in [5.41, 5.74) is 1.94. The molecule has 6 nitrogen and oxygen atoms in total. The molecule has 0 aliphatic carbocycles. The zero-order valence-corrected chi connectivity index (χ0v) is 16.7. The highest BCUT2D eigenvalue weighted by atomic mass is 19.1. The Bertz CT molecular complexity index is 868. The van der Waals surface area contributed by atoms with Gasteiger partial charge < -0.3 is 19.3 Å². The minimum absolute atomic E-state index is 0.0749. The van der Waals surface area contributed by atoms with E-state index in [2.05, 4.69) is 0 Å². The highest BCUT2D eigenvalue weighted by Gasteiger charge is 2.21. The van der Waals surface area contributed by atoms with Crippen LogP contribution < -0.4 is 9.47 Å². The number of aryl methyl sites for hydroxylation is 1. The maximum Gasteiger partial charge on any atom is 0.260 e. The number of carbonyl (C=O) groups is 2. The largest absolute Gasteiger partial charge is 0.491 e. The van der Waals surface area contributed by atoms with E-state index in [0.29, 0.717) is 38.3 Å². The number of amides is 2. The highest BCUT2D eigenvalue weighted by Crippen LogP contribution is 2.25. The number of nitrogens with zero attached hydrogens (tertiary/aromatic N) is 2. The van der Waals surface area contributed by atoms with Gasteiger partial charge in [0, 0.05) is 32.6 Å². The number of rotatable bonds is 6. The first kappa shape index (κ1) is 20.6. The minimum atomic E-state index is -0.354. The number of carbonyl (C=O) groups excluding carboxylic acids is 2. The molecule has 2 aromatic rings. The first-order valence-electron chi connectivity index (χ1n) is 9.53. The smallest absolute Gasteiger partial charge is 0.260 e.